The number of carbonyl (C=O) groups is 12. The van der Waals surface area contributed by atoms with Crippen LogP contribution >= 0.6 is 11.8 Å². The molecule has 36 heteroatoms. The predicted octanol–water partition coefficient (Wildman–Crippen LogP) is -2.89. The van der Waals surface area contributed by atoms with Gasteiger partial charge in [-0.1, -0.05) is 39.3 Å². The number of aliphatic hydroxyl groups excluding tert-OH is 3. The molecule has 34 nitrogen and oxygen atoms in total. The number of amides is 11. The summed E-state index contributed by atoms with van der Waals surface area (Å²) in [7, 11) is -0.975. The fraction of sp³-hybridized carbons (Fsp3) is 0.656. The summed E-state index contributed by atoms with van der Waals surface area (Å²) >= 11 is 1.50. The Morgan fingerprint density at radius 1 is 0.850 bits per heavy atom. The summed E-state index contributed by atoms with van der Waals surface area (Å²) in [5.74, 6) is -12.9. The minimum atomic E-state index is -2.42. The Morgan fingerprint density at radius 2 is 1.56 bits per heavy atom. The number of Topliss-reactive ketones (excluding diaryl/α,β-unsaturated/α-hetero) is 2. The number of rotatable bonds is 29. The van der Waals surface area contributed by atoms with Gasteiger partial charge in [0.25, 0.3) is 0 Å². The zero-order valence-corrected chi connectivity index (χ0v) is 58.5. The molecule has 0 radical (unpaired) electrons. The molecule has 13 N–H and O–H groups in total. The third-order valence-corrected chi connectivity index (χ3v) is 20.5. The number of aliphatic hydroxyl groups is 3. The number of ether oxygens (including phenoxy) is 4. The van der Waals surface area contributed by atoms with Crippen molar-refractivity contribution in [3.05, 3.63) is 35.2 Å². The number of imide groups is 1. The highest BCUT2D eigenvalue weighted by Gasteiger charge is 2.45. The van der Waals surface area contributed by atoms with E-state index in [1.165, 1.54) is 30.7 Å². The third kappa shape index (κ3) is 22.2. The molecule has 1 aromatic carbocycles. The van der Waals surface area contributed by atoms with Crippen LogP contribution in [0.2, 0.25) is 0 Å². The molecule has 2 fully saturated rings. The van der Waals surface area contributed by atoms with Crippen molar-refractivity contribution in [2.75, 3.05) is 97.6 Å². The number of carbonyl (C=O) groups excluding carboxylic acids is 12. The third-order valence-electron chi connectivity index (χ3n) is 18.0. The van der Waals surface area contributed by atoms with Gasteiger partial charge in [0.15, 0.2) is 11.6 Å². The van der Waals surface area contributed by atoms with Gasteiger partial charge in [-0.15, -0.1) is 5.10 Å². The quantitative estimate of drug-likeness (QED) is 0.0245. The number of aromatic nitrogens is 4. The number of urea groups is 1. The highest BCUT2D eigenvalue weighted by molar-refractivity contribution is 7.98. The van der Waals surface area contributed by atoms with E-state index in [1.54, 1.807) is 43.8 Å². The summed E-state index contributed by atoms with van der Waals surface area (Å²) in [6.45, 7) is 6.70. The van der Waals surface area contributed by atoms with Crippen LogP contribution < -0.4 is 47.7 Å². The van der Waals surface area contributed by atoms with Crippen LogP contribution in [0.1, 0.15) is 95.9 Å². The lowest BCUT2D eigenvalue weighted by molar-refractivity contribution is -0.144. The lowest BCUT2D eigenvalue weighted by Crippen LogP contribution is -2.60. The molecule has 2 bridgehead atoms. The molecule has 3 aromatic rings. The zero-order valence-electron chi connectivity index (χ0n) is 56.9. The number of nitrogens with one attached hydrogen (secondary N) is 8. The van der Waals surface area contributed by atoms with Crippen LogP contribution in [-0.4, -0.2) is 254 Å². The van der Waals surface area contributed by atoms with Crippen molar-refractivity contribution >= 4 is 104 Å². The molecule has 6 heterocycles. The maximum atomic E-state index is 15.4. The number of nitrogens with zero attached hydrogens (tertiary/aromatic N) is 5. The fourth-order valence-electron chi connectivity index (χ4n) is 12.1. The number of H-pyrrole nitrogens is 1. The molecule has 552 valence electrons. The second-order valence-electron chi connectivity index (χ2n) is 25.4. The van der Waals surface area contributed by atoms with Gasteiger partial charge in [0.2, 0.25) is 53.2 Å². The molecule has 4 aliphatic heterocycles. The topological polar surface area (TPSA) is 483 Å². The number of ketones is 2. The van der Waals surface area contributed by atoms with Gasteiger partial charge in [0, 0.05) is 85.7 Å². The van der Waals surface area contributed by atoms with Crippen molar-refractivity contribution in [3.63, 3.8) is 0 Å². The lowest BCUT2D eigenvalue weighted by Gasteiger charge is -2.32. The second-order valence-corrected chi connectivity index (χ2v) is 27.9. The summed E-state index contributed by atoms with van der Waals surface area (Å²) in [4.78, 5) is 170. The molecule has 11 amide bonds. The minimum Gasteiger partial charge on any atom is -0.496 e. The first-order chi connectivity index (χ1) is 47.8. The van der Waals surface area contributed by atoms with E-state index < -0.39 is 181 Å². The number of aromatic amines is 1. The van der Waals surface area contributed by atoms with Crippen molar-refractivity contribution in [1.82, 2.24) is 67.0 Å². The van der Waals surface area contributed by atoms with Gasteiger partial charge in [-0.3, -0.25) is 61.8 Å². The van der Waals surface area contributed by atoms with E-state index in [-0.39, 0.29) is 79.3 Å². The summed E-state index contributed by atoms with van der Waals surface area (Å²) in [5.41, 5.74) is 7.23. The first-order valence-electron chi connectivity index (χ1n) is 33.5. The average Bonchev–Trinajstić information content (AvgIpc) is 1.60. The van der Waals surface area contributed by atoms with Crippen LogP contribution in [0.15, 0.2) is 23.4 Å². The highest BCUT2D eigenvalue weighted by Crippen LogP contribution is 2.37. The largest absolute Gasteiger partial charge is 0.496 e. The summed E-state index contributed by atoms with van der Waals surface area (Å²) < 4.78 is 39.5. The number of fused-ring (bicyclic) bond motifs is 5. The second kappa shape index (κ2) is 38.7. The number of unbranched alkanes of at least 4 members (excludes halogenated alkanes) is 1. The highest BCUT2D eigenvalue weighted by atomic mass is 32.2. The van der Waals surface area contributed by atoms with Crippen molar-refractivity contribution in [1.29, 1.82) is 0 Å². The fourth-order valence-corrected chi connectivity index (χ4v) is 14.5. The Kier molecular flexibility index (Phi) is 30.7. The van der Waals surface area contributed by atoms with E-state index in [0.717, 1.165) is 4.90 Å². The van der Waals surface area contributed by atoms with Crippen LogP contribution in [-0.2, 0) is 103 Å². The van der Waals surface area contributed by atoms with E-state index in [0.29, 0.717) is 92.4 Å². The van der Waals surface area contributed by atoms with Crippen LogP contribution in [0.5, 0.6) is 5.75 Å². The summed E-state index contributed by atoms with van der Waals surface area (Å²) in [6.07, 6.45) is -2.32. The van der Waals surface area contributed by atoms with Crippen molar-refractivity contribution in [2.45, 2.75) is 146 Å². The van der Waals surface area contributed by atoms with Crippen LogP contribution in [0, 0.1) is 29.6 Å². The Balaban J connectivity index is 1.03. The first-order valence-corrected chi connectivity index (χ1v) is 36.0. The summed E-state index contributed by atoms with van der Waals surface area (Å²) in [6, 6.07) is -4.08. The van der Waals surface area contributed by atoms with E-state index in [9.17, 15) is 68.1 Å². The van der Waals surface area contributed by atoms with Crippen LogP contribution in [0.3, 0.4) is 0 Å². The minimum absolute atomic E-state index is 0.0822. The SMILES string of the molecule is CC[C@H](C)[C@@H]1CC(=O)CNC(=O)[C@H]2CC(=O)[C@H]([C@@H](C)[C@@H](O)CO)NC(=O)[C@@H]3C[C@@H](O)CN3C(=O)[C@H](CC(N)=O)NC(=O)[C@H](CS(=O)c3[nH]c4c(CSCCCCNC(=O)NCCOCCOCCOCCn5cc(CN6C(=O)CC(C)C6=O)nn5)c(OC)ccc4c3C2)NC(=O)CNC1=O. The number of hydrogen-bond acceptors (Lipinski definition) is 23. The Bertz CT molecular complexity index is 3440. The van der Waals surface area contributed by atoms with E-state index >= 15 is 9.00 Å². The standard InChI is InChI=1S/C64H94N14O20S2/c1-6-35(2)43-24-40(80)27-68-57(87)38-22-44-42-9-10-51(95-5)45(33-99-20-8-7-11-66-64(93)67-12-14-96-16-18-98-19-17-97-15-13-76-29-39(74-75-76)30-78-54(86)21-36(3)62(78)91)56(42)73-61(44)100(94)34-47(70-53(85)28-69-58(43)88)59(89)71-46(26-52(65)84)63(92)77-31-41(81)25-48(77)60(90)72-55(49(82)23-38)37(4)50(83)32-79/h9-10,29,35-38,41,43,46-48,50,55,73,79,81,83H,6-8,11-28,30-34H2,1-5H3,(H2,65,84)(H,68,87)(H,69,88)(H,70,85)(H,71,89)(H,72,90)(H2,66,67,93)/t35-,36?,37-,38+,41+,43-,46-,47-,48-,50-,55-,100?/m0/s1. The smallest absolute Gasteiger partial charge is 0.314 e. The van der Waals surface area contributed by atoms with Gasteiger partial charge in [0.1, 0.15) is 34.6 Å². The van der Waals surface area contributed by atoms with Crippen molar-refractivity contribution in [3.8, 4) is 5.75 Å². The van der Waals surface area contributed by atoms with Gasteiger partial charge in [-0.2, -0.15) is 11.8 Å². The Morgan fingerprint density at radius 3 is 2.25 bits per heavy atom. The molecule has 12 atom stereocenters. The monoisotopic (exact) mass is 1440 g/mol. The molecule has 2 saturated heterocycles. The van der Waals surface area contributed by atoms with Crippen LogP contribution in [0.25, 0.3) is 10.9 Å². The number of methoxy groups -OCH3 is 1. The average molecular weight is 1440 g/mol. The molecule has 7 rings (SSSR count). The maximum Gasteiger partial charge on any atom is 0.314 e. The van der Waals surface area contributed by atoms with Gasteiger partial charge in [-0.25, -0.2) is 9.48 Å². The Hall–Kier alpha value is -8.00. The lowest BCUT2D eigenvalue weighted by atomic mass is 9.85. The molecule has 100 heavy (non-hydrogen) atoms. The van der Waals surface area contributed by atoms with Gasteiger partial charge >= 0.3 is 6.03 Å². The zero-order chi connectivity index (χ0) is 72.7. The van der Waals surface area contributed by atoms with E-state index in [1.807, 2.05) is 0 Å². The van der Waals surface area contributed by atoms with E-state index in [4.69, 9.17) is 24.7 Å². The number of likely N-dealkylation sites (tertiary alicyclic amines) is 1. The molecule has 0 saturated carbocycles. The van der Waals surface area contributed by atoms with Gasteiger partial charge in [0.05, 0.1) is 132 Å². The molecule has 4 aliphatic rings. The normalized spacial score (nSPS) is 24.2. The number of nitrogens with two attached hydrogens (primary N) is 1. The molecular formula is C64H94N14O20S2. The number of benzene rings is 1. The van der Waals surface area contributed by atoms with E-state index in [2.05, 4.69) is 52.5 Å². The number of primary amides is 1. The first kappa shape index (κ1) is 79.3. The van der Waals surface area contributed by atoms with Gasteiger partial charge < -0.3 is 87.1 Å². The summed E-state index contributed by atoms with van der Waals surface area (Å²) in [5, 5.41) is 58.6. The Labute approximate surface area is 584 Å². The maximum absolute atomic E-state index is 15.4. The number of thioether (sulfide) groups is 1. The molecule has 0 aliphatic carbocycles. The number of hydrogen-bond donors (Lipinski definition) is 12. The van der Waals surface area contributed by atoms with Crippen molar-refractivity contribution < 1.29 is 96.0 Å². The molecule has 2 unspecified atom stereocenters. The predicted molar refractivity (Wildman–Crippen MR) is 358 cm³/mol. The molecule has 0 spiro atoms. The van der Waals surface area contributed by atoms with Crippen LogP contribution in [0.4, 0.5) is 4.79 Å². The molecule has 2 aromatic heterocycles. The molecular weight excluding hydrogens is 1350 g/mol. The van der Waals surface area contributed by atoms with Gasteiger partial charge in [-0.05, 0) is 48.6 Å². The van der Waals surface area contributed by atoms with Crippen molar-refractivity contribution in [2.24, 2.45) is 35.3 Å².